The standard InChI is InChI=1S/C14H17ClF3N/c1-9-5-10(2)19(8-9)13-4-3-11(7-15)6-12(13)14(16,17)18/h3-4,6,9-10H,5,7-8H2,1-2H3. The van der Waals surface area contributed by atoms with Crippen LogP contribution >= 0.6 is 11.6 Å². The second kappa shape index (κ2) is 5.23. The second-order valence-electron chi connectivity index (χ2n) is 5.33. The van der Waals surface area contributed by atoms with E-state index in [-0.39, 0.29) is 17.6 Å². The lowest BCUT2D eigenvalue weighted by Crippen LogP contribution is -2.29. The fourth-order valence-corrected chi connectivity index (χ4v) is 2.95. The first-order valence-electron chi connectivity index (χ1n) is 6.35. The maximum atomic E-state index is 13.2. The van der Waals surface area contributed by atoms with Crippen LogP contribution in [0.15, 0.2) is 18.2 Å². The van der Waals surface area contributed by atoms with Crippen molar-refractivity contribution >= 4 is 17.3 Å². The third-order valence-corrected chi connectivity index (χ3v) is 3.92. The van der Waals surface area contributed by atoms with Crippen molar-refractivity contribution < 1.29 is 13.2 Å². The lowest BCUT2D eigenvalue weighted by atomic mass is 10.1. The van der Waals surface area contributed by atoms with Gasteiger partial charge < -0.3 is 4.90 Å². The number of alkyl halides is 4. The smallest absolute Gasteiger partial charge is 0.368 e. The molecule has 5 heteroatoms. The van der Waals surface area contributed by atoms with Gasteiger partial charge in [-0.15, -0.1) is 11.6 Å². The van der Waals surface area contributed by atoms with Crippen LogP contribution < -0.4 is 4.90 Å². The Balaban J connectivity index is 2.45. The first-order chi connectivity index (χ1) is 8.82. The molecular weight excluding hydrogens is 275 g/mol. The van der Waals surface area contributed by atoms with Gasteiger partial charge in [-0.3, -0.25) is 0 Å². The molecule has 0 bridgehead atoms. The van der Waals surface area contributed by atoms with Gasteiger partial charge in [0.2, 0.25) is 0 Å². The van der Waals surface area contributed by atoms with E-state index in [1.165, 1.54) is 0 Å². The van der Waals surface area contributed by atoms with Crippen molar-refractivity contribution in [3.05, 3.63) is 29.3 Å². The number of hydrogen-bond acceptors (Lipinski definition) is 1. The number of rotatable bonds is 2. The molecule has 1 aromatic carbocycles. The summed E-state index contributed by atoms with van der Waals surface area (Å²) in [6.07, 6.45) is -3.42. The third kappa shape index (κ3) is 2.99. The molecule has 1 aromatic rings. The van der Waals surface area contributed by atoms with Crippen LogP contribution in [0.25, 0.3) is 0 Å². The Morgan fingerprint density at radius 3 is 2.47 bits per heavy atom. The van der Waals surface area contributed by atoms with Crippen LogP contribution in [0, 0.1) is 5.92 Å². The topological polar surface area (TPSA) is 3.24 Å². The molecule has 0 amide bonds. The highest BCUT2D eigenvalue weighted by Crippen LogP contribution is 2.40. The molecule has 1 heterocycles. The first-order valence-corrected chi connectivity index (χ1v) is 6.89. The fourth-order valence-electron chi connectivity index (χ4n) is 2.78. The van der Waals surface area contributed by atoms with Crippen LogP contribution in [-0.4, -0.2) is 12.6 Å². The van der Waals surface area contributed by atoms with E-state index in [1.54, 1.807) is 12.1 Å². The summed E-state index contributed by atoms with van der Waals surface area (Å²) in [5.41, 5.74) is 0.197. The Hall–Kier alpha value is -0.900. The highest BCUT2D eigenvalue weighted by molar-refractivity contribution is 6.17. The maximum Gasteiger partial charge on any atom is 0.418 e. The van der Waals surface area contributed by atoms with Crippen molar-refractivity contribution in [1.82, 2.24) is 0 Å². The Labute approximate surface area is 116 Å². The average Bonchev–Trinajstić information content (AvgIpc) is 2.66. The van der Waals surface area contributed by atoms with E-state index in [2.05, 4.69) is 6.92 Å². The molecule has 1 aliphatic heterocycles. The summed E-state index contributed by atoms with van der Waals surface area (Å²) in [7, 11) is 0. The molecule has 1 fully saturated rings. The summed E-state index contributed by atoms with van der Waals surface area (Å²) < 4.78 is 39.5. The van der Waals surface area contributed by atoms with Crippen LogP contribution in [0.2, 0.25) is 0 Å². The minimum absolute atomic E-state index is 0.0926. The fraction of sp³-hybridized carbons (Fsp3) is 0.571. The van der Waals surface area contributed by atoms with Crippen molar-refractivity contribution in [2.45, 2.75) is 38.4 Å². The van der Waals surface area contributed by atoms with Crippen LogP contribution in [-0.2, 0) is 12.1 Å². The van der Waals surface area contributed by atoms with Crippen molar-refractivity contribution in [2.24, 2.45) is 5.92 Å². The summed E-state index contributed by atoms with van der Waals surface area (Å²) >= 11 is 5.63. The highest BCUT2D eigenvalue weighted by atomic mass is 35.5. The highest BCUT2D eigenvalue weighted by Gasteiger charge is 2.37. The third-order valence-electron chi connectivity index (χ3n) is 3.61. The lowest BCUT2D eigenvalue weighted by molar-refractivity contribution is -0.137. The summed E-state index contributed by atoms with van der Waals surface area (Å²) in [6, 6.07) is 4.53. The van der Waals surface area contributed by atoms with Crippen LogP contribution in [0.3, 0.4) is 0 Å². The number of benzene rings is 1. The van der Waals surface area contributed by atoms with Gasteiger partial charge in [-0.25, -0.2) is 0 Å². The van der Waals surface area contributed by atoms with Gasteiger partial charge in [0.1, 0.15) is 0 Å². The largest absolute Gasteiger partial charge is 0.418 e. The van der Waals surface area contributed by atoms with Crippen molar-refractivity contribution in [2.75, 3.05) is 11.4 Å². The quantitative estimate of drug-likeness (QED) is 0.715. The van der Waals surface area contributed by atoms with Crippen LogP contribution in [0.1, 0.15) is 31.4 Å². The van der Waals surface area contributed by atoms with Crippen LogP contribution in [0.4, 0.5) is 18.9 Å². The molecule has 0 spiro atoms. The van der Waals surface area contributed by atoms with E-state index in [9.17, 15) is 13.2 Å². The number of nitrogens with zero attached hydrogens (tertiary/aromatic N) is 1. The van der Waals surface area contributed by atoms with Gasteiger partial charge in [0, 0.05) is 24.2 Å². The van der Waals surface area contributed by atoms with Gasteiger partial charge in [0.25, 0.3) is 0 Å². The van der Waals surface area contributed by atoms with Crippen molar-refractivity contribution in [3.8, 4) is 0 Å². The molecule has 0 aromatic heterocycles. The number of hydrogen-bond donors (Lipinski definition) is 0. The van der Waals surface area contributed by atoms with E-state index < -0.39 is 11.7 Å². The molecule has 106 valence electrons. The normalized spacial score (nSPS) is 24.0. The molecule has 0 radical (unpaired) electrons. The molecule has 1 aliphatic rings. The Bertz CT molecular complexity index is 458. The molecule has 1 nitrogen and oxygen atoms in total. The lowest BCUT2D eigenvalue weighted by Gasteiger charge is -2.27. The zero-order valence-electron chi connectivity index (χ0n) is 11.0. The number of anilines is 1. The summed E-state index contributed by atoms with van der Waals surface area (Å²) in [6.45, 7) is 4.71. The monoisotopic (exact) mass is 291 g/mol. The van der Waals surface area contributed by atoms with Gasteiger partial charge in [-0.2, -0.15) is 13.2 Å². The summed E-state index contributed by atoms with van der Waals surface area (Å²) in [4.78, 5) is 1.85. The molecule has 2 rings (SSSR count). The zero-order valence-corrected chi connectivity index (χ0v) is 11.7. The molecule has 2 atom stereocenters. The molecule has 0 N–H and O–H groups in total. The van der Waals surface area contributed by atoms with Crippen molar-refractivity contribution in [1.29, 1.82) is 0 Å². The van der Waals surface area contributed by atoms with Crippen molar-refractivity contribution in [3.63, 3.8) is 0 Å². The molecule has 0 aliphatic carbocycles. The average molecular weight is 292 g/mol. The molecular formula is C14H17ClF3N. The predicted octanol–water partition coefficient (Wildman–Crippen LogP) is 4.68. The van der Waals surface area contributed by atoms with Gasteiger partial charge in [0.05, 0.1) is 5.56 Å². The Morgan fingerprint density at radius 2 is 2.00 bits per heavy atom. The Kier molecular flexibility index (Phi) is 4.00. The zero-order chi connectivity index (χ0) is 14.2. The SMILES string of the molecule is CC1CC(C)N(c2ccc(CCl)cc2C(F)(F)F)C1. The van der Waals surface area contributed by atoms with E-state index in [0.29, 0.717) is 18.0 Å². The van der Waals surface area contributed by atoms with E-state index in [0.717, 1.165) is 12.5 Å². The van der Waals surface area contributed by atoms with E-state index in [1.807, 2.05) is 11.8 Å². The summed E-state index contributed by atoms with van der Waals surface area (Å²) in [5.74, 6) is 0.513. The molecule has 2 unspecified atom stereocenters. The maximum absolute atomic E-state index is 13.2. The van der Waals surface area contributed by atoms with Gasteiger partial charge >= 0.3 is 6.18 Å². The van der Waals surface area contributed by atoms with Gasteiger partial charge in [0.15, 0.2) is 0 Å². The minimum atomic E-state index is -4.34. The first kappa shape index (κ1) is 14.5. The second-order valence-corrected chi connectivity index (χ2v) is 5.59. The predicted molar refractivity (Wildman–Crippen MR) is 71.6 cm³/mol. The van der Waals surface area contributed by atoms with E-state index in [4.69, 9.17) is 11.6 Å². The summed E-state index contributed by atoms with van der Waals surface area (Å²) in [5, 5.41) is 0. The molecule has 19 heavy (non-hydrogen) atoms. The molecule has 0 saturated carbocycles. The van der Waals surface area contributed by atoms with E-state index >= 15 is 0 Å². The van der Waals surface area contributed by atoms with Crippen LogP contribution in [0.5, 0.6) is 0 Å². The Morgan fingerprint density at radius 1 is 1.32 bits per heavy atom. The minimum Gasteiger partial charge on any atom is -0.368 e. The number of halogens is 4. The van der Waals surface area contributed by atoms with Gasteiger partial charge in [-0.1, -0.05) is 13.0 Å². The van der Waals surface area contributed by atoms with Gasteiger partial charge in [-0.05, 0) is 37.0 Å². The molecule has 1 saturated heterocycles.